The molecule has 17 heavy (non-hydrogen) atoms. The Morgan fingerprint density at radius 3 is 2.65 bits per heavy atom. The predicted octanol–water partition coefficient (Wildman–Crippen LogP) is 1.88. The summed E-state index contributed by atoms with van der Waals surface area (Å²) in [6.45, 7) is 0.0886. The molecule has 0 aliphatic carbocycles. The van der Waals surface area contributed by atoms with E-state index in [2.05, 4.69) is 21.2 Å². The molecule has 0 radical (unpaired) electrons. The fraction of sp³-hybridized carbons (Fsp3) is 0.300. The Kier molecular flexibility index (Phi) is 4.97. The minimum Gasteiger partial charge on any atom is -0.351 e. The van der Waals surface area contributed by atoms with Gasteiger partial charge in [-0.15, -0.1) is 0 Å². The minimum absolute atomic E-state index is 0.0804. The first-order chi connectivity index (χ1) is 7.79. The standard InChI is InChI=1S/C10H11BrClNO3S/c1-17(15,16)5-4-13-10(14)7-2-3-8(11)9(12)6-7/h2-3,6H,4-5H2,1H3,(H,13,14). The Balaban J connectivity index is 2.61. The zero-order valence-electron chi connectivity index (χ0n) is 9.04. The molecule has 0 fully saturated rings. The molecule has 0 bridgehead atoms. The van der Waals surface area contributed by atoms with Gasteiger partial charge in [0, 0.05) is 22.8 Å². The lowest BCUT2D eigenvalue weighted by molar-refractivity contribution is 0.0956. The lowest BCUT2D eigenvalue weighted by Gasteiger charge is -2.05. The van der Waals surface area contributed by atoms with E-state index in [0.717, 1.165) is 6.26 Å². The molecule has 4 nitrogen and oxygen atoms in total. The molecule has 0 heterocycles. The van der Waals surface area contributed by atoms with Gasteiger partial charge in [-0.25, -0.2) is 8.42 Å². The fourth-order valence-electron chi connectivity index (χ4n) is 1.09. The normalized spacial score (nSPS) is 11.2. The van der Waals surface area contributed by atoms with E-state index in [1.165, 1.54) is 6.07 Å². The maximum absolute atomic E-state index is 11.6. The molecule has 0 spiro atoms. The highest BCUT2D eigenvalue weighted by Crippen LogP contribution is 2.22. The zero-order valence-corrected chi connectivity index (χ0v) is 12.2. The third-order valence-electron chi connectivity index (χ3n) is 1.94. The molecule has 0 saturated heterocycles. The van der Waals surface area contributed by atoms with Crippen LogP contribution in [0.5, 0.6) is 0 Å². The Bertz CT molecular complexity index is 530. The van der Waals surface area contributed by atoms with Gasteiger partial charge in [-0.05, 0) is 34.1 Å². The van der Waals surface area contributed by atoms with Crippen molar-refractivity contribution in [3.8, 4) is 0 Å². The number of carbonyl (C=O) groups excluding carboxylic acids is 1. The highest BCUT2D eigenvalue weighted by Gasteiger charge is 2.08. The van der Waals surface area contributed by atoms with Crippen LogP contribution in [-0.4, -0.2) is 32.9 Å². The van der Waals surface area contributed by atoms with Gasteiger partial charge >= 0.3 is 0 Å². The first-order valence-corrected chi connectivity index (χ1v) is 7.94. The van der Waals surface area contributed by atoms with Gasteiger partial charge in [0.15, 0.2) is 0 Å². The average Bonchev–Trinajstić information content (AvgIpc) is 2.20. The summed E-state index contributed by atoms with van der Waals surface area (Å²) in [4.78, 5) is 11.6. The van der Waals surface area contributed by atoms with Crippen molar-refractivity contribution in [3.63, 3.8) is 0 Å². The van der Waals surface area contributed by atoms with Crippen LogP contribution in [-0.2, 0) is 9.84 Å². The second kappa shape index (κ2) is 5.84. The predicted molar refractivity (Wildman–Crippen MR) is 71.2 cm³/mol. The molecular weight excluding hydrogens is 330 g/mol. The quantitative estimate of drug-likeness (QED) is 0.910. The Hall–Kier alpha value is -0.590. The first-order valence-electron chi connectivity index (χ1n) is 4.70. The Morgan fingerprint density at radius 1 is 1.47 bits per heavy atom. The Labute approximate surface area is 113 Å². The number of nitrogens with one attached hydrogen (secondary N) is 1. The first kappa shape index (κ1) is 14.5. The molecule has 0 aliphatic heterocycles. The van der Waals surface area contributed by atoms with Crippen molar-refractivity contribution in [1.82, 2.24) is 5.32 Å². The largest absolute Gasteiger partial charge is 0.351 e. The lowest BCUT2D eigenvalue weighted by Crippen LogP contribution is -2.28. The monoisotopic (exact) mass is 339 g/mol. The van der Waals surface area contributed by atoms with Crippen LogP contribution in [0.2, 0.25) is 5.02 Å². The molecule has 0 aromatic heterocycles. The average molecular weight is 341 g/mol. The van der Waals surface area contributed by atoms with E-state index >= 15 is 0 Å². The molecule has 0 unspecified atom stereocenters. The zero-order chi connectivity index (χ0) is 13.1. The van der Waals surface area contributed by atoms with Crippen LogP contribution in [0.25, 0.3) is 0 Å². The van der Waals surface area contributed by atoms with Gasteiger partial charge in [0.1, 0.15) is 9.84 Å². The number of hydrogen-bond acceptors (Lipinski definition) is 3. The van der Waals surface area contributed by atoms with Crippen LogP contribution in [0.1, 0.15) is 10.4 Å². The number of hydrogen-bond donors (Lipinski definition) is 1. The van der Waals surface area contributed by atoms with Gasteiger partial charge < -0.3 is 5.32 Å². The topological polar surface area (TPSA) is 63.2 Å². The molecule has 1 amide bonds. The third kappa shape index (κ3) is 5.06. The molecule has 1 aromatic carbocycles. The van der Waals surface area contributed by atoms with E-state index in [9.17, 15) is 13.2 Å². The molecule has 94 valence electrons. The number of sulfone groups is 1. The minimum atomic E-state index is -3.07. The molecule has 1 rings (SSSR count). The van der Waals surface area contributed by atoms with Crippen molar-refractivity contribution in [3.05, 3.63) is 33.3 Å². The number of benzene rings is 1. The van der Waals surface area contributed by atoms with Crippen molar-refractivity contribution in [2.75, 3.05) is 18.6 Å². The molecule has 0 aliphatic rings. The summed E-state index contributed by atoms with van der Waals surface area (Å²) in [7, 11) is -3.07. The van der Waals surface area contributed by atoms with E-state index < -0.39 is 9.84 Å². The number of rotatable bonds is 4. The van der Waals surface area contributed by atoms with Gasteiger partial charge in [0.25, 0.3) is 5.91 Å². The Morgan fingerprint density at radius 2 is 2.12 bits per heavy atom. The molecule has 7 heteroatoms. The van der Waals surface area contributed by atoms with Crippen LogP contribution in [0.3, 0.4) is 0 Å². The van der Waals surface area contributed by atoms with Gasteiger partial charge in [0.05, 0.1) is 10.8 Å². The third-order valence-corrected chi connectivity index (χ3v) is 4.12. The van der Waals surface area contributed by atoms with Crippen molar-refractivity contribution in [1.29, 1.82) is 0 Å². The molecular formula is C10H11BrClNO3S. The van der Waals surface area contributed by atoms with E-state index in [-0.39, 0.29) is 18.2 Å². The number of halogens is 2. The number of amides is 1. The molecule has 1 N–H and O–H groups in total. The summed E-state index contributed by atoms with van der Waals surface area (Å²) in [5, 5.41) is 2.94. The molecule has 0 saturated carbocycles. The maximum Gasteiger partial charge on any atom is 0.251 e. The van der Waals surface area contributed by atoms with E-state index in [1.807, 2.05) is 0 Å². The SMILES string of the molecule is CS(=O)(=O)CCNC(=O)c1ccc(Br)c(Cl)c1. The van der Waals surface area contributed by atoms with E-state index in [4.69, 9.17) is 11.6 Å². The lowest BCUT2D eigenvalue weighted by atomic mass is 10.2. The van der Waals surface area contributed by atoms with Crippen molar-refractivity contribution in [2.24, 2.45) is 0 Å². The second-order valence-electron chi connectivity index (χ2n) is 3.51. The summed E-state index contributed by atoms with van der Waals surface area (Å²) < 4.78 is 22.4. The van der Waals surface area contributed by atoms with Gasteiger partial charge in [-0.3, -0.25) is 4.79 Å². The summed E-state index contributed by atoms with van der Waals surface area (Å²) in [5.74, 6) is -0.425. The fourth-order valence-corrected chi connectivity index (χ4v) is 1.99. The van der Waals surface area contributed by atoms with Crippen LogP contribution in [0, 0.1) is 0 Å². The summed E-state index contributed by atoms with van der Waals surface area (Å²) >= 11 is 9.06. The molecule has 1 aromatic rings. The van der Waals surface area contributed by atoms with Crippen LogP contribution in [0.15, 0.2) is 22.7 Å². The highest BCUT2D eigenvalue weighted by atomic mass is 79.9. The smallest absolute Gasteiger partial charge is 0.251 e. The van der Waals surface area contributed by atoms with Crippen molar-refractivity contribution >= 4 is 43.3 Å². The summed E-state index contributed by atoms with van der Waals surface area (Å²) in [6, 6.07) is 4.78. The van der Waals surface area contributed by atoms with Crippen LogP contribution >= 0.6 is 27.5 Å². The summed E-state index contributed by atoms with van der Waals surface area (Å²) in [6.07, 6.45) is 1.12. The van der Waals surface area contributed by atoms with Gasteiger partial charge in [0.2, 0.25) is 0 Å². The van der Waals surface area contributed by atoms with Crippen molar-refractivity contribution < 1.29 is 13.2 Å². The van der Waals surface area contributed by atoms with Gasteiger partial charge in [-0.1, -0.05) is 11.6 Å². The van der Waals surface area contributed by atoms with Crippen molar-refractivity contribution in [2.45, 2.75) is 0 Å². The second-order valence-corrected chi connectivity index (χ2v) is 7.04. The highest BCUT2D eigenvalue weighted by molar-refractivity contribution is 9.10. The summed E-state index contributed by atoms with van der Waals surface area (Å²) in [5.41, 5.74) is 0.395. The van der Waals surface area contributed by atoms with E-state index in [0.29, 0.717) is 15.1 Å². The number of carbonyl (C=O) groups is 1. The van der Waals surface area contributed by atoms with Crippen LogP contribution < -0.4 is 5.32 Å². The van der Waals surface area contributed by atoms with E-state index in [1.54, 1.807) is 12.1 Å². The van der Waals surface area contributed by atoms with Crippen LogP contribution in [0.4, 0.5) is 0 Å². The maximum atomic E-state index is 11.6. The molecule has 0 atom stereocenters. The van der Waals surface area contributed by atoms with Gasteiger partial charge in [-0.2, -0.15) is 0 Å².